The summed E-state index contributed by atoms with van der Waals surface area (Å²) < 4.78 is 31.9. The van der Waals surface area contributed by atoms with Crippen molar-refractivity contribution in [1.82, 2.24) is 4.72 Å². The van der Waals surface area contributed by atoms with E-state index in [1.165, 1.54) is 13.2 Å². The first-order valence-corrected chi connectivity index (χ1v) is 8.92. The fraction of sp³-hybridized carbons (Fsp3) is 0.267. The van der Waals surface area contributed by atoms with Crippen molar-refractivity contribution in [3.05, 3.63) is 51.2 Å². The third-order valence-electron chi connectivity index (χ3n) is 3.04. The van der Waals surface area contributed by atoms with Gasteiger partial charge in [0, 0.05) is 6.54 Å². The van der Waals surface area contributed by atoms with Crippen LogP contribution >= 0.6 is 11.3 Å². The Morgan fingerprint density at radius 3 is 2.45 bits per heavy atom. The molecule has 1 heterocycles. The van der Waals surface area contributed by atoms with E-state index in [1.54, 1.807) is 5.38 Å². The monoisotopic (exact) mass is 339 g/mol. The minimum Gasteiger partial charge on any atom is -0.465 e. The van der Waals surface area contributed by atoms with Crippen LogP contribution in [-0.4, -0.2) is 21.5 Å². The van der Waals surface area contributed by atoms with Crippen molar-refractivity contribution in [1.29, 1.82) is 0 Å². The van der Waals surface area contributed by atoms with Crippen LogP contribution in [0.25, 0.3) is 0 Å². The van der Waals surface area contributed by atoms with Crippen molar-refractivity contribution in [2.24, 2.45) is 0 Å². The quantitative estimate of drug-likeness (QED) is 0.850. The lowest BCUT2D eigenvalue weighted by atomic mass is 10.1. The number of rotatable bonds is 5. The number of ether oxygens (including phenoxy) is 1. The zero-order valence-electron chi connectivity index (χ0n) is 12.5. The molecule has 1 aromatic carbocycles. The Balaban J connectivity index is 2.22. The molecule has 0 radical (unpaired) electrons. The number of aryl methyl sites for hydroxylation is 2. The molecular weight excluding hydrogens is 322 g/mol. The molecule has 0 unspecified atom stereocenters. The fourth-order valence-corrected chi connectivity index (χ4v) is 4.53. The molecule has 0 fully saturated rings. The van der Waals surface area contributed by atoms with Gasteiger partial charge in [-0.05, 0) is 30.9 Å². The smallest absolute Gasteiger partial charge is 0.349 e. The molecule has 0 aliphatic carbocycles. The van der Waals surface area contributed by atoms with E-state index in [0.717, 1.165) is 28.0 Å². The number of sulfonamides is 1. The van der Waals surface area contributed by atoms with E-state index in [0.29, 0.717) is 0 Å². The van der Waals surface area contributed by atoms with E-state index < -0.39 is 16.0 Å². The van der Waals surface area contributed by atoms with Crippen LogP contribution in [0.3, 0.4) is 0 Å². The molecule has 1 N–H and O–H groups in total. The number of nitrogens with one attached hydrogen (secondary N) is 1. The molecule has 0 saturated carbocycles. The number of hydrogen-bond donors (Lipinski definition) is 1. The standard InChI is InChI=1S/C15H17NO4S2/c1-10-6-11(2)8-12(7-10)9-16-22(18,19)13-4-5-21-14(13)15(17)20-3/h4-8,16H,9H2,1-3H3. The molecule has 1 aromatic heterocycles. The Morgan fingerprint density at radius 2 is 1.86 bits per heavy atom. The van der Waals surface area contributed by atoms with Crippen molar-refractivity contribution in [3.63, 3.8) is 0 Å². The first kappa shape index (κ1) is 16.7. The van der Waals surface area contributed by atoms with E-state index >= 15 is 0 Å². The third kappa shape index (κ3) is 3.73. The molecular formula is C15H17NO4S2. The second-order valence-electron chi connectivity index (χ2n) is 4.93. The molecule has 0 amide bonds. The maximum Gasteiger partial charge on any atom is 0.349 e. The van der Waals surface area contributed by atoms with Gasteiger partial charge in [0.05, 0.1) is 7.11 Å². The molecule has 2 aromatic rings. The van der Waals surface area contributed by atoms with Gasteiger partial charge in [-0.2, -0.15) is 0 Å². The highest BCUT2D eigenvalue weighted by atomic mass is 32.2. The van der Waals surface area contributed by atoms with Crippen LogP contribution in [0.4, 0.5) is 0 Å². The van der Waals surface area contributed by atoms with Crippen LogP contribution in [0.15, 0.2) is 34.5 Å². The van der Waals surface area contributed by atoms with E-state index in [4.69, 9.17) is 0 Å². The lowest BCUT2D eigenvalue weighted by molar-refractivity contribution is 0.0602. The maximum atomic E-state index is 12.4. The van der Waals surface area contributed by atoms with E-state index in [2.05, 4.69) is 9.46 Å². The maximum absolute atomic E-state index is 12.4. The summed E-state index contributed by atoms with van der Waals surface area (Å²) in [5.41, 5.74) is 3.01. The number of esters is 1. The summed E-state index contributed by atoms with van der Waals surface area (Å²) in [5, 5.41) is 1.55. The molecule has 0 aliphatic rings. The zero-order valence-corrected chi connectivity index (χ0v) is 14.2. The molecule has 0 atom stereocenters. The van der Waals surface area contributed by atoms with Crippen molar-refractivity contribution in [2.75, 3.05) is 7.11 Å². The topological polar surface area (TPSA) is 72.5 Å². The van der Waals surface area contributed by atoms with Gasteiger partial charge in [0.25, 0.3) is 0 Å². The highest BCUT2D eigenvalue weighted by molar-refractivity contribution is 7.89. The molecule has 0 saturated heterocycles. The average molecular weight is 339 g/mol. The van der Waals surface area contributed by atoms with Gasteiger partial charge >= 0.3 is 5.97 Å². The number of methoxy groups -OCH3 is 1. The fourth-order valence-electron chi connectivity index (χ4n) is 2.18. The van der Waals surface area contributed by atoms with Gasteiger partial charge in [0.2, 0.25) is 10.0 Å². The summed E-state index contributed by atoms with van der Waals surface area (Å²) in [6.45, 7) is 4.08. The minimum atomic E-state index is -3.77. The van der Waals surface area contributed by atoms with Crippen LogP contribution in [0.1, 0.15) is 26.4 Å². The summed E-state index contributed by atoms with van der Waals surface area (Å²) in [6.07, 6.45) is 0. The van der Waals surface area contributed by atoms with Crippen LogP contribution in [0.5, 0.6) is 0 Å². The van der Waals surface area contributed by atoms with Crippen LogP contribution in [0, 0.1) is 13.8 Å². The van der Waals surface area contributed by atoms with Crippen LogP contribution in [-0.2, 0) is 21.3 Å². The van der Waals surface area contributed by atoms with Gasteiger partial charge in [-0.15, -0.1) is 11.3 Å². The first-order chi connectivity index (χ1) is 10.3. The highest BCUT2D eigenvalue weighted by Crippen LogP contribution is 2.23. The van der Waals surface area contributed by atoms with Gasteiger partial charge in [-0.1, -0.05) is 29.3 Å². The largest absolute Gasteiger partial charge is 0.465 e. The van der Waals surface area contributed by atoms with E-state index in [9.17, 15) is 13.2 Å². The number of hydrogen-bond acceptors (Lipinski definition) is 5. The molecule has 0 spiro atoms. The second kappa shape index (κ2) is 6.60. The summed E-state index contributed by atoms with van der Waals surface area (Å²) in [7, 11) is -2.54. The van der Waals surface area contributed by atoms with Gasteiger partial charge < -0.3 is 4.74 Å². The van der Waals surface area contributed by atoms with Crippen LogP contribution < -0.4 is 4.72 Å². The molecule has 0 bridgehead atoms. The molecule has 0 aliphatic heterocycles. The Kier molecular flexibility index (Phi) is 5.00. The average Bonchev–Trinajstić information content (AvgIpc) is 2.94. The lowest BCUT2D eigenvalue weighted by Gasteiger charge is -2.08. The van der Waals surface area contributed by atoms with Gasteiger partial charge in [-0.25, -0.2) is 17.9 Å². The molecule has 2 rings (SSSR count). The Morgan fingerprint density at radius 1 is 1.23 bits per heavy atom. The van der Waals surface area contributed by atoms with Gasteiger partial charge in [-0.3, -0.25) is 0 Å². The third-order valence-corrected chi connectivity index (χ3v) is 5.50. The lowest BCUT2D eigenvalue weighted by Crippen LogP contribution is -2.24. The summed E-state index contributed by atoms with van der Waals surface area (Å²) in [4.78, 5) is 11.6. The van der Waals surface area contributed by atoms with Crippen molar-refractivity contribution < 1.29 is 17.9 Å². The minimum absolute atomic E-state index is 0.0475. The summed E-state index contributed by atoms with van der Waals surface area (Å²) in [5.74, 6) is -0.651. The predicted molar refractivity (Wildman–Crippen MR) is 85.6 cm³/mol. The second-order valence-corrected chi connectivity index (χ2v) is 7.58. The van der Waals surface area contributed by atoms with Gasteiger partial charge in [0.1, 0.15) is 9.77 Å². The molecule has 22 heavy (non-hydrogen) atoms. The molecule has 118 valence electrons. The van der Waals surface area contributed by atoms with Crippen LogP contribution in [0.2, 0.25) is 0 Å². The normalized spacial score (nSPS) is 11.4. The van der Waals surface area contributed by atoms with E-state index in [-0.39, 0.29) is 16.3 Å². The number of thiophene rings is 1. The Hall–Kier alpha value is -1.70. The predicted octanol–water partition coefficient (Wildman–Crippen LogP) is 2.63. The van der Waals surface area contributed by atoms with Crippen molar-refractivity contribution in [2.45, 2.75) is 25.3 Å². The zero-order chi connectivity index (χ0) is 16.3. The van der Waals surface area contributed by atoms with Gasteiger partial charge in [0.15, 0.2) is 0 Å². The first-order valence-electron chi connectivity index (χ1n) is 6.56. The molecule has 5 nitrogen and oxygen atoms in total. The van der Waals surface area contributed by atoms with Crippen molar-refractivity contribution >= 4 is 27.3 Å². The Labute approximate surface area is 134 Å². The number of carbonyl (C=O) groups excluding carboxylic acids is 1. The molecule has 7 heteroatoms. The van der Waals surface area contributed by atoms with E-state index in [1.807, 2.05) is 32.0 Å². The number of carbonyl (C=O) groups is 1. The van der Waals surface area contributed by atoms with Crippen molar-refractivity contribution in [3.8, 4) is 0 Å². The highest BCUT2D eigenvalue weighted by Gasteiger charge is 2.24. The SMILES string of the molecule is COC(=O)c1sccc1S(=O)(=O)NCc1cc(C)cc(C)c1. The number of benzene rings is 1. The summed E-state index contributed by atoms with van der Waals surface area (Å²) >= 11 is 1.04. The Bertz CT molecular complexity index is 773. The summed E-state index contributed by atoms with van der Waals surface area (Å²) in [6, 6.07) is 7.27.